The molecule has 0 saturated heterocycles. The molecule has 6 nitrogen and oxygen atoms in total. The second-order valence-corrected chi connectivity index (χ2v) is 4.28. The zero-order valence-corrected chi connectivity index (χ0v) is 10.0. The number of nitrogens with zero attached hydrogens (tertiary/aromatic N) is 4. The van der Waals surface area contributed by atoms with E-state index in [0.717, 1.165) is 10.6 Å². The van der Waals surface area contributed by atoms with Gasteiger partial charge in [-0.1, -0.05) is 0 Å². The summed E-state index contributed by atoms with van der Waals surface area (Å²) >= 11 is 7.22. The van der Waals surface area contributed by atoms with Gasteiger partial charge >= 0.3 is 0 Å². The van der Waals surface area contributed by atoms with Crippen LogP contribution in [0.25, 0.3) is 0 Å². The van der Waals surface area contributed by atoms with Crippen LogP contribution < -0.4 is 11.1 Å². The molecular formula is C8H9ClN6S. The summed E-state index contributed by atoms with van der Waals surface area (Å²) < 4.78 is 0. The Morgan fingerprint density at radius 1 is 1.44 bits per heavy atom. The molecule has 0 aliphatic carbocycles. The van der Waals surface area contributed by atoms with Gasteiger partial charge in [0.15, 0.2) is 0 Å². The maximum atomic E-state index is 5.65. The molecule has 2 heterocycles. The highest BCUT2D eigenvalue weighted by Crippen LogP contribution is 2.14. The van der Waals surface area contributed by atoms with E-state index in [0.29, 0.717) is 12.5 Å². The van der Waals surface area contributed by atoms with Crippen LogP contribution in [-0.4, -0.2) is 19.9 Å². The molecule has 0 fully saturated rings. The lowest BCUT2D eigenvalue weighted by atomic mass is 10.4. The molecule has 0 aromatic carbocycles. The predicted molar refractivity (Wildman–Crippen MR) is 63.4 cm³/mol. The van der Waals surface area contributed by atoms with Crippen molar-refractivity contribution in [3.05, 3.63) is 21.4 Å². The molecule has 0 bridgehead atoms. The summed E-state index contributed by atoms with van der Waals surface area (Å²) in [6.07, 6.45) is 0. The maximum Gasteiger partial charge on any atom is 0.229 e. The van der Waals surface area contributed by atoms with Crippen LogP contribution in [0.15, 0.2) is 5.51 Å². The molecular weight excluding hydrogens is 248 g/mol. The number of aromatic nitrogens is 4. The molecule has 84 valence electrons. The molecule has 0 spiro atoms. The number of nitrogen functional groups attached to an aromatic ring is 1. The van der Waals surface area contributed by atoms with Crippen molar-refractivity contribution in [3.8, 4) is 0 Å². The largest absolute Gasteiger partial charge is 0.368 e. The first-order chi connectivity index (χ1) is 7.65. The number of thiazole rings is 1. The first kappa shape index (κ1) is 11.0. The van der Waals surface area contributed by atoms with Gasteiger partial charge < -0.3 is 11.1 Å². The molecule has 3 N–H and O–H groups in total. The molecule has 8 heteroatoms. The van der Waals surface area contributed by atoms with E-state index in [4.69, 9.17) is 17.3 Å². The minimum atomic E-state index is 0.0797. The smallest absolute Gasteiger partial charge is 0.229 e. The highest BCUT2D eigenvalue weighted by Gasteiger charge is 2.04. The number of aryl methyl sites for hydroxylation is 1. The van der Waals surface area contributed by atoms with E-state index in [1.54, 1.807) is 16.8 Å². The van der Waals surface area contributed by atoms with Gasteiger partial charge in [0.25, 0.3) is 0 Å². The van der Waals surface area contributed by atoms with E-state index in [9.17, 15) is 0 Å². The van der Waals surface area contributed by atoms with Crippen LogP contribution in [0.3, 0.4) is 0 Å². The lowest BCUT2D eigenvalue weighted by molar-refractivity contribution is 1.01. The minimum absolute atomic E-state index is 0.0797. The third kappa shape index (κ3) is 2.56. The first-order valence-electron chi connectivity index (χ1n) is 4.45. The summed E-state index contributed by atoms with van der Waals surface area (Å²) in [6, 6.07) is 0. The molecule has 0 radical (unpaired) electrons. The number of nitrogens with one attached hydrogen (secondary N) is 1. The summed E-state index contributed by atoms with van der Waals surface area (Å²) in [5.41, 5.74) is 8.23. The molecule has 16 heavy (non-hydrogen) atoms. The van der Waals surface area contributed by atoms with Gasteiger partial charge in [0.1, 0.15) is 0 Å². The zero-order chi connectivity index (χ0) is 11.5. The Kier molecular flexibility index (Phi) is 3.16. The Bertz CT molecular complexity index is 479. The van der Waals surface area contributed by atoms with Crippen LogP contribution in [0, 0.1) is 6.92 Å². The van der Waals surface area contributed by atoms with Crippen molar-refractivity contribution < 1.29 is 0 Å². The number of rotatable bonds is 3. The number of anilines is 2. The molecule has 0 unspecified atom stereocenters. The zero-order valence-electron chi connectivity index (χ0n) is 8.44. The van der Waals surface area contributed by atoms with E-state index in [2.05, 4.69) is 25.3 Å². The highest BCUT2D eigenvalue weighted by atomic mass is 35.5. The molecule has 0 saturated carbocycles. The van der Waals surface area contributed by atoms with Gasteiger partial charge in [-0.2, -0.15) is 15.0 Å². The van der Waals surface area contributed by atoms with Gasteiger partial charge in [0.05, 0.1) is 17.7 Å². The van der Waals surface area contributed by atoms with Gasteiger partial charge in [-0.3, -0.25) is 0 Å². The average molecular weight is 257 g/mol. The highest BCUT2D eigenvalue weighted by molar-refractivity contribution is 7.09. The Balaban J connectivity index is 2.07. The first-order valence-corrected chi connectivity index (χ1v) is 5.71. The van der Waals surface area contributed by atoms with Crippen molar-refractivity contribution in [1.82, 2.24) is 19.9 Å². The van der Waals surface area contributed by atoms with Crippen molar-refractivity contribution >= 4 is 34.8 Å². The third-order valence-electron chi connectivity index (χ3n) is 1.88. The molecule has 0 aliphatic rings. The van der Waals surface area contributed by atoms with Gasteiger partial charge in [0, 0.05) is 4.88 Å². The summed E-state index contributed by atoms with van der Waals surface area (Å²) in [4.78, 5) is 16.7. The average Bonchev–Trinajstić information content (AvgIpc) is 2.59. The van der Waals surface area contributed by atoms with Crippen LogP contribution in [0.1, 0.15) is 10.6 Å². The van der Waals surface area contributed by atoms with Crippen LogP contribution >= 0.6 is 22.9 Å². The fourth-order valence-electron chi connectivity index (χ4n) is 1.10. The van der Waals surface area contributed by atoms with Gasteiger partial charge in [-0.15, -0.1) is 11.3 Å². The predicted octanol–water partition coefficient (Wildman–Crippen LogP) is 1.48. The standard InChI is InChI=1S/C8H9ClN6S/c1-4-5(16-3-12-4)2-11-8-14-6(9)13-7(10)15-8/h3H,2H2,1H3,(H3,10,11,13,14,15). The number of nitrogens with two attached hydrogens (primary N) is 1. The van der Waals surface area contributed by atoms with E-state index in [1.807, 2.05) is 6.92 Å². The van der Waals surface area contributed by atoms with Crippen molar-refractivity contribution in [1.29, 1.82) is 0 Å². The molecule has 2 aromatic heterocycles. The van der Waals surface area contributed by atoms with Crippen molar-refractivity contribution in [2.24, 2.45) is 0 Å². The van der Waals surface area contributed by atoms with Crippen LogP contribution in [-0.2, 0) is 6.54 Å². The fourth-order valence-corrected chi connectivity index (χ4v) is 1.98. The molecule has 0 amide bonds. The second kappa shape index (κ2) is 4.58. The third-order valence-corrected chi connectivity index (χ3v) is 2.98. The van der Waals surface area contributed by atoms with Gasteiger partial charge in [-0.05, 0) is 18.5 Å². The fraction of sp³-hybridized carbons (Fsp3) is 0.250. The molecule has 0 atom stereocenters. The normalized spacial score (nSPS) is 10.4. The lowest BCUT2D eigenvalue weighted by Gasteiger charge is -2.03. The molecule has 0 aliphatic heterocycles. The Morgan fingerprint density at radius 2 is 2.25 bits per heavy atom. The number of halogens is 1. The van der Waals surface area contributed by atoms with Gasteiger partial charge in [-0.25, -0.2) is 4.98 Å². The quantitative estimate of drug-likeness (QED) is 0.865. The topological polar surface area (TPSA) is 89.6 Å². The number of hydrogen-bond donors (Lipinski definition) is 2. The van der Waals surface area contributed by atoms with E-state index >= 15 is 0 Å². The van der Waals surface area contributed by atoms with Crippen molar-refractivity contribution in [2.75, 3.05) is 11.1 Å². The maximum absolute atomic E-state index is 5.65. The molecule has 2 aromatic rings. The second-order valence-electron chi connectivity index (χ2n) is 3.00. The van der Waals surface area contributed by atoms with Gasteiger partial charge in [0.2, 0.25) is 17.2 Å². The Labute approximate surface area is 101 Å². The SMILES string of the molecule is Cc1ncsc1CNc1nc(N)nc(Cl)n1. The van der Waals surface area contributed by atoms with Crippen molar-refractivity contribution in [3.63, 3.8) is 0 Å². The van der Waals surface area contributed by atoms with Crippen LogP contribution in [0.2, 0.25) is 5.28 Å². The van der Waals surface area contributed by atoms with E-state index in [-0.39, 0.29) is 11.2 Å². The van der Waals surface area contributed by atoms with E-state index in [1.165, 1.54) is 0 Å². The van der Waals surface area contributed by atoms with Crippen LogP contribution in [0.5, 0.6) is 0 Å². The summed E-state index contributed by atoms with van der Waals surface area (Å²) in [6.45, 7) is 2.54. The van der Waals surface area contributed by atoms with E-state index < -0.39 is 0 Å². The van der Waals surface area contributed by atoms with Crippen LogP contribution in [0.4, 0.5) is 11.9 Å². The molecule has 2 rings (SSSR count). The summed E-state index contributed by atoms with van der Waals surface area (Å²) in [5, 5.41) is 3.09. The Morgan fingerprint density at radius 3 is 2.88 bits per heavy atom. The summed E-state index contributed by atoms with van der Waals surface area (Å²) in [5.74, 6) is 0.467. The monoisotopic (exact) mass is 256 g/mol. The summed E-state index contributed by atoms with van der Waals surface area (Å²) in [7, 11) is 0. The van der Waals surface area contributed by atoms with Crippen molar-refractivity contribution in [2.45, 2.75) is 13.5 Å². The lowest BCUT2D eigenvalue weighted by Crippen LogP contribution is -2.06. The minimum Gasteiger partial charge on any atom is -0.368 e. The number of hydrogen-bond acceptors (Lipinski definition) is 7. The Hall–Kier alpha value is -1.47.